The van der Waals surface area contributed by atoms with Crippen LogP contribution in [0.5, 0.6) is 0 Å². The van der Waals surface area contributed by atoms with Gasteiger partial charge in [0.2, 0.25) is 0 Å². The number of benzene rings is 1. The molecule has 28 heavy (non-hydrogen) atoms. The molecule has 1 aromatic rings. The summed E-state index contributed by atoms with van der Waals surface area (Å²) < 4.78 is 19.6. The first-order valence-electron chi connectivity index (χ1n) is 9.82. The van der Waals surface area contributed by atoms with E-state index >= 15 is 0 Å². The maximum Gasteiger partial charge on any atom is 0.338 e. The summed E-state index contributed by atoms with van der Waals surface area (Å²) in [6.45, 7) is 3.45. The number of hydrogen-bond donors (Lipinski definition) is 1. The molecule has 2 atom stereocenters. The lowest BCUT2D eigenvalue weighted by Crippen LogP contribution is -2.28. The minimum Gasteiger partial charge on any atom is -0.462 e. The summed E-state index contributed by atoms with van der Waals surface area (Å²) in [5, 5.41) is 2.97. The lowest BCUT2D eigenvalue weighted by molar-refractivity contribution is 0.0497. The van der Waals surface area contributed by atoms with Crippen molar-refractivity contribution in [3.63, 3.8) is 0 Å². The summed E-state index contributed by atoms with van der Waals surface area (Å²) in [6, 6.07) is 6.28. The summed E-state index contributed by atoms with van der Waals surface area (Å²) in [7, 11) is 3.13. The quantitative estimate of drug-likeness (QED) is 0.275. The molecule has 6 nitrogen and oxygen atoms in total. The smallest absolute Gasteiger partial charge is 0.338 e. The van der Waals surface area contributed by atoms with Gasteiger partial charge in [-0.2, -0.15) is 0 Å². The van der Waals surface area contributed by atoms with Gasteiger partial charge in [-0.15, -0.1) is 0 Å². The van der Waals surface area contributed by atoms with Crippen molar-refractivity contribution in [1.82, 2.24) is 9.76 Å². The third kappa shape index (κ3) is 7.26. The van der Waals surface area contributed by atoms with Crippen molar-refractivity contribution in [3.05, 3.63) is 35.4 Å². The van der Waals surface area contributed by atoms with Gasteiger partial charge in [0.1, 0.15) is 0 Å². The van der Waals surface area contributed by atoms with Gasteiger partial charge < -0.3 is 4.74 Å². The van der Waals surface area contributed by atoms with E-state index < -0.39 is 12.6 Å². The van der Waals surface area contributed by atoms with Crippen LogP contribution in [0.2, 0.25) is 0 Å². The van der Waals surface area contributed by atoms with E-state index in [1.807, 2.05) is 13.8 Å². The van der Waals surface area contributed by atoms with Crippen molar-refractivity contribution < 1.29 is 18.9 Å². The number of esters is 1. The Bertz CT molecular complexity index is 681. The molecule has 1 amide bonds. The number of nitrogens with zero attached hydrogens (tertiary/aromatic N) is 1. The fraction of sp³-hybridized carbons (Fsp3) is 0.600. The van der Waals surface area contributed by atoms with Crippen LogP contribution in [-0.4, -0.2) is 42.5 Å². The zero-order chi connectivity index (χ0) is 21.2. The average Bonchev–Trinajstić information content (AvgIpc) is 2.72. The second kappa shape index (κ2) is 12.3. The summed E-state index contributed by atoms with van der Waals surface area (Å²) >= 11 is 1.28. The van der Waals surface area contributed by atoms with Crippen molar-refractivity contribution in [2.24, 2.45) is 0 Å². The molecule has 1 rings (SSSR count). The Morgan fingerprint density at radius 2 is 1.75 bits per heavy atom. The van der Waals surface area contributed by atoms with Crippen LogP contribution < -0.4 is 5.09 Å². The van der Waals surface area contributed by atoms with Crippen LogP contribution in [0.25, 0.3) is 0 Å². The zero-order valence-electron chi connectivity index (χ0n) is 17.6. The number of carbonyl (C=O) groups excluding carboxylic acids is 2. The van der Waals surface area contributed by atoms with E-state index in [0.717, 1.165) is 32.1 Å². The molecule has 0 fully saturated rings. The minimum absolute atomic E-state index is 0.156. The predicted octanol–water partition coefficient (Wildman–Crippen LogP) is 5.35. The van der Waals surface area contributed by atoms with E-state index in [1.54, 1.807) is 31.3 Å². The van der Waals surface area contributed by atoms with Crippen LogP contribution in [0.3, 0.4) is 0 Å². The largest absolute Gasteiger partial charge is 0.462 e. The highest BCUT2D eigenvalue weighted by Crippen LogP contribution is 2.59. The summed E-state index contributed by atoms with van der Waals surface area (Å²) in [5.41, 5.74) is 0.780. The Balaban J connectivity index is 2.74. The Labute approximate surface area is 173 Å². The molecule has 158 valence electrons. The fourth-order valence-electron chi connectivity index (χ4n) is 2.42. The van der Waals surface area contributed by atoms with Crippen LogP contribution in [0.15, 0.2) is 24.3 Å². The van der Waals surface area contributed by atoms with Gasteiger partial charge >= 0.3 is 5.97 Å². The zero-order valence-corrected chi connectivity index (χ0v) is 19.3. The molecule has 1 aromatic carbocycles. The fourth-order valence-corrected chi connectivity index (χ4v) is 6.84. The van der Waals surface area contributed by atoms with Crippen molar-refractivity contribution in [2.45, 2.75) is 58.1 Å². The van der Waals surface area contributed by atoms with Gasteiger partial charge in [0, 0.05) is 17.9 Å². The van der Waals surface area contributed by atoms with Gasteiger partial charge in [-0.25, -0.2) is 9.88 Å². The number of hydrogen-bond acceptors (Lipinski definition) is 5. The maximum absolute atomic E-state index is 13.1. The number of amides is 1. The molecule has 0 radical (unpaired) electrons. The second-order valence-corrected chi connectivity index (χ2v) is 11.9. The van der Waals surface area contributed by atoms with Crippen molar-refractivity contribution in [2.75, 3.05) is 20.7 Å². The van der Waals surface area contributed by atoms with E-state index in [9.17, 15) is 14.2 Å². The first-order chi connectivity index (χ1) is 13.3. The van der Waals surface area contributed by atoms with Gasteiger partial charge in [-0.1, -0.05) is 51.4 Å². The molecule has 1 N–H and O–H groups in total. The number of ether oxygens (including phenoxy) is 1. The Morgan fingerprint density at radius 1 is 1.14 bits per heavy atom. The number of nitrogens with one attached hydrogen (secondary N) is 1. The minimum atomic E-state index is -3.08. The van der Waals surface area contributed by atoms with Gasteiger partial charge in [0.15, 0.2) is 0 Å². The van der Waals surface area contributed by atoms with Gasteiger partial charge in [0.25, 0.3) is 12.6 Å². The molecule has 0 saturated heterocycles. The molecule has 0 aromatic heterocycles. The van der Waals surface area contributed by atoms with Gasteiger partial charge in [-0.05, 0) is 44.2 Å². The molecule has 0 aliphatic carbocycles. The first kappa shape index (κ1) is 24.7. The van der Waals surface area contributed by atoms with E-state index in [1.165, 1.54) is 23.1 Å². The monoisotopic (exact) mass is 428 g/mol. The molecule has 0 heterocycles. The maximum atomic E-state index is 13.1. The SMILES string of the molecule is CCCCCCOC(=O)c1ccc(C(=O)N(C)P(=O)(NC)SC(C)CC)cc1. The Kier molecular flexibility index (Phi) is 10.9. The Morgan fingerprint density at radius 3 is 2.29 bits per heavy atom. The summed E-state index contributed by atoms with van der Waals surface area (Å²) in [5.74, 6) is -0.745. The molecule has 0 saturated carbocycles. The normalized spacial score (nSPS) is 14.2. The molecular formula is C20H33N2O4PS. The van der Waals surface area contributed by atoms with Crippen LogP contribution in [0.4, 0.5) is 0 Å². The summed E-state index contributed by atoms with van der Waals surface area (Å²) in [4.78, 5) is 24.8. The van der Waals surface area contributed by atoms with Crippen LogP contribution in [-0.2, 0) is 9.30 Å². The standard InChI is InChI=1S/C20H33N2O4PS/c1-6-8-9-10-15-26-20(24)18-13-11-17(12-14-18)19(23)22(5)27(25,21-4)28-16(3)7-2/h11-14,16H,6-10,15H2,1-5H3,(H,21,25). The van der Waals surface area contributed by atoms with Crippen molar-refractivity contribution >= 4 is 29.9 Å². The van der Waals surface area contributed by atoms with Crippen molar-refractivity contribution in [1.29, 1.82) is 0 Å². The molecule has 2 unspecified atom stereocenters. The highest BCUT2D eigenvalue weighted by atomic mass is 32.7. The van der Waals surface area contributed by atoms with Crippen LogP contribution in [0.1, 0.15) is 73.6 Å². The van der Waals surface area contributed by atoms with E-state index in [4.69, 9.17) is 4.74 Å². The summed E-state index contributed by atoms with van der Waals surface area (Å²) in [6.07, 6.45) is 5.02. The topological polar surface area (TPSA) is 75.7 Å². The van der Waals surface area contributed by atoms with Gasteiger partial charge in [0.05, 0.1) is 12.2 Å². The highest BCUT2D eigenvalue weighted by molar-refractivity contribution is 8.57. The lowest BCUT2D eigenvalue weighted by atomic mass is 10.1. The number of carbonyl (C=O) groups is 2. The molecule has 0 aliphatic heterocycles. The molecule has 8 heteroatoms. The van der Waals surface area contributed by atoms with Crippen LogP contribution in [0, 0.1) is 0 Å². The van der Waals surface area contributed by atoms with E-state index in [2.05, 4.69) is 12.0 Å². The molecular weight excluding hydrogens is 395 g/mol. The van der Waals surface area contributed by atoms with E-state index in [0.29, 0.717) is 17.7 Å². The molecule has 0 spiro atoms. The van der Waals surface area contributed by atoms with E-state index in [-0.39, 0.29) is 11.2 Å². The average molecular weight is 429 g/mol. The lowest BCUT2D eigenvalue weighted by Gasteiger charge is -2.28. The molecule has 0 bridgehead atoms. The van der Waals surface area contributed by atoms with Gasteiger partial charge in [-0.3, -0.25) is 14.0 Å². The third-order valence-electron chi connectivity index (χ3n) is 4.47. The second-order valence-electron chi connectivity index (χ2n) is 6.67. The van der Waals surface area contributed by atoms with Crippen molar-refractivity contribution in [3.8, 4) is 0 Å². The number of unbranched alkanes of at least 4 members (excludes halogenated alkanes) is 3. The predicted molar refractivity (Wildman–Crippen MR) is 117 cm³/mol. The first-order valence-corrected chi connectivity index (χ1v) is 13.0. The third-order valence-corrected chi connectivity index (χ3v) is 10.2. The highest BCUT2D eigenvalue weighted by Gasteiger charge is 2.33. The van der Waals surface area contributed by atoms with Crippen LogP contribution >= 0.6 is 18.0 Å². The number of rotatable bonds is 12. The molecule has 0 aliphatic rings. The Hall–Kier alpha value is -1.30.